The van der Waals surface area contributed by atoms with Gasteiger partial charge in [0.05, 0.1) is 47.2 Å². The van der Waals surface area contributed by atoms with Crippen molar-refractivity contribution in [1.29, 1.82) is 0 Å². The van der Waals surface area contributed by atoms with Crippen molar-refractivity contribution in [1.82, 2.24) is 0 Å². The third-order valence-corrected chi connectivity index (χ3v) is 5.95. The standard InChI is InChI=1S/C23H20N2O7S/c1-31-22(27)15-12-13-18(23(28)32-2)20(14-15)24-21(26)17-10-6-7-11-19(17)25-33(29,30)16-8-4-3-5-9-16/h3-14,25H,1-2H3,(H,24,26). The van der Waals surface area contributed by atoms with E-state index in [2.05, 4.69) is 14.8 Å². The van der Waals surface area contributed by atoms with Crippen molar-refractivity contribution in [2.24, 2.45) is 0 Å². The summed E-state index contributed by atoms with van der Waals surface area (Å²) in [6.45, 7) is 0. The Labute approximate surface area is 190 Å². The predicted octanol–water partition coefficient (Wildman–Crippen LogP) is 3.31. The molecule has 0 bridgehead atoms. The number of nitrogens with one attached hydrogen (secondary N) is 2. The number of sulfonamides is 1. The minimum absolute atomic E-state index is 0.000787. The highest BCUT2D eigenvalue weighted by atomic mass is 32.2. The monoisotopic (exact) mass is 468 g/mol. The Bertz CT molecular complexity index is 1310. The van der Waals surface area contributed by atoms with Crippen molar-refractivity contribution in [3.63, 3.8) is 0 Å². The molecule has 0 aliphatic carbocycles. The average Bonchev–Trinajstić information content (AvgIpc) is 2.83. The van der Waals surface area contributed by atoms with E-state index in [1.54, 1.807) is 30.3 Å². The molecule has 3 rings (SSSR count). The second-order valence-electron chi connectivity index (χ2n) is 6.66. The molecule has 0 spiro atoms. The molecule has 170 valence electrons. The molecule has 0 saturated heterocycles. The van der Waals surface area contributed by atoms with Gasteiger partial charge in [0.15, 0.2) is 0 Å². The van der Waals surface area contributed by atoms with Crippen molar-refractivity contribution in [3.05, 3.63) is 89.5 Å². The van der Waals surface area contributed by atoms with E-state index >= 15 is 0 Å². The largest absolute Gasteiger partial charge is 0.465 e. The molecule has 0 saturated carbocycles. The molecule has 0 radical (unpaired) electrons. The van der Waals surface area contributed by atoms with E-state index in [0.717, 1.165) is 0 Å². The number of hydrogen-bond acceptors (Lipinski definition) is 7. The maximum atomic E-state index is 13.1. The van der Waals surface area contributed by atoms with Gasteiger partial charge in [-0.05, 0) is 42.5 Å². The summed E-state index contributed by atoms with van der Waals surface area (Å²) in [6, 6.07) is 17.6. The number of esters is 2. The van der Waals surface area contributed by atoms with Crippen LogP contribution in [0.1, 0.15) is 31.1 Å². The van der Waals surface area contributed by atoms with Crippen LogP contribution in [-0.4, -0.2) is 40.5 Å². The van der Waals surface area contributed by atoms with Gasteiger partial charge in [-0.25, -0.2) is 18.0 Å². The minimum Gasteiger partial charge on any atom is -0.465 e. The fraction of sp³-hybridized carbons (Fsp3) is 0.0870. The minimum atomic E-state index is -3.95. The smallest absolute Gasteiger partial charge is 0.339 e. The third kappa shape index (κ3) is 5.36. The summed E-state index contributed by atoms with van der Waals surface area (Å²) in [4.78, 5) is 37.1. The number of anilines is 2. The average molecular weight is 468 g/mol. The van der Waals surface area contributed by atoms with Crippen LogP contribution in [-0.2, 0) is 19.5 Å². The molecule has 0 unspecified atom stereocenters. The van der Waals surface area contributed by atoms with Gasteiger partial charge in [-0.3, -0.25) is 9.52 Å². The SMILES string of the molecule is COC(=O)c1ccc(C(=O)OC)c(NC(=O)c2ccccc2NS(=O)(=O)c2ccccc2)c1. The Balaban J connectivity index is 1.96. The summed E-state index contributed by atoms with van der Waals surface area (Å²) < 4.78 is 37.2. The Kier molecular flexibility index (Phi) is 7.09. The van der Waals surface area contributed by atoms with E-state index in [1.807, 2.05) is 0 Å². The van der Waals surface area contributed by atoms with Crippen LogP contribution >= 0.6 is 0 Å². The van der Waals surface area contributed by atoms with E-state index in [9.17, 15) is 22.8 Å². The summed E-state index contributed by atoms with van der Waals surface area (Å²) >= 11 is 0. The van der Waals surface area contributed by atoms with Crippen LogP contribution in [0.2, 0.25) is 0 Å². The lowest BCUT2D eigenvalue weighted by atomic mass is 10.1. The quantitative estimate of drug-likeness (QED) is 0.509. The highest BCUT2D eigenvalue weighted by Gasteiger charge is 2.21. The molecule has 0 aliphatic heterocycles. The lowest BCUT2D eigenvalue weighted by molar-refractivity contribution is 0.0587. The number of para-hydroxylation sites is 1. The van der Waals surface area contributed by atoms with E-state index in [-0.39, 0.29) is 33.0 Å². The number of carbonyl (C=O) groups excluding carboxylic acids is 3. The van der Waals surface area contributed by atoms with Crippen LogP contribution in [0.5, 0.6) is 0 Å². The topological polar surface area (TPSA) is 128 Å². The second kappa shape index (κ2) is 9.96. The van der Waals surface area contributed by atoms with Crippen molar-refractivity contribution < 1.29 is 32.3 Å². The zero-order valence-electron chi connectivity index (χ0n) is 17.7. The zero-order valence-corrected chi connectivity index (χ0v) is 18.5. The van der Waals surface area contributed by atoms with Gasteiger partial charge in [0.1, 0.15) is 0 Å². The number of hydrogen-bond donors (Lipinski definition) is 2. The molecule has 0 atom stereocenters. The van der Waals surface area contributed by atoms with Crippen LogP contribution in [0.4, 0.5) is 11.4 Å². The van der Waals surface area contributed by atoms with Crippen LogP contribution in [0.25, 0.3) is 0 Å². The fourth-order valence-electron chi connectivity index (χ4n) is 2.94. The van der Waals surface area contributed by atoms with Crippen LogP contribution < -0.4 is 10.0 Å². The molecule has 0 aromatic heterocycles. The van der Waals surface area contributed by atoms with Crippen LogP contribution in [0.3, 0.4) is 0 Å². The van der Waals surface area contributed by atoms with Gasteiger partial charge in [-0.2, -0.15) is 0 Å². The van der Waals surface area contributed by atoms with Gasteiger partial charge in [-0.15, -0.1) is 0 Å². The van der Waals surface area contributed by atoms with Crippen molar-refractivity contribution in [2.75, 3.05) is 24.3 Å². The first-order chi connectivity index (χ1) is 15.8. The molecule has 33 heavy (non-hydrogen) atoms. The van der Waals surface area contributed by atoms with Gasteiger partial charge in [0.25, 0.3) is 15.9 Å². The van der Waals surface area contributed by atoms with E-state index in [0.29, 0.717) is 0 Å². The molecule has 1 amide bonds. The first-order valence-corrected chi connectivity index (χ1v) is 11.0. The van der Waals surface area contributed by atoms with E-state index < -0.39 is 27.9 Å². The lowest BCUT2D eigenvalue weighted by Crippen LogP contribution is -2.20. The molecule has 0 fully saturated rings. The highest BCUT2D eigenvalue weighted by molar-refractivity contribution is 7.92. The number of ether oxygens (including phenoxy) is 2. The molecule has 3 aromatic carbocycles. The van der Waals surface area contributed by atoms with Gasteiger partial charge in [0, 0.05) is 0 Å². The summed E-state index contributed by atoms with van der Waals surface area (Å²) in [7, 11) is -1.58. The first-order valence-electron chi connectivity index (χ1n) is 9.55. The molecule has 10 heteroatoms. The summed E-state index contributed by atoms with van der Waals surface area (Å²) in [6.07, 6.45) is 0. The summed E-state index contributed by atoms with van der Waals surface area (Å²) in [5.41, 5.74) is 0.119. The number of carbonyl (C=O) groups is 3. The number of amides is 1. The highest BCUT2D eigenvalue weighted by Crippen LogP contribution is 2.24. The Morgan fingerprint density at radius 3 is 2.03 bits per heavy atom. The second-order valence-corrected chi connectivity index (χ2v) is 8.34. The maximum Gasteiger partial charge on any atom is 0.339 e. The molecular formula is C23H20N2O7S. The third-order valence-electron chi connectivity index (χ3n) is 4.56. The van der Waals surface area contributed by atoms with Gasteiger partial charge < -0.3 is 14.8 Å². The zero-order chi connectivity index (χ0) is 24.0. The predicted molar refractivity (Wildman–Crippen MR) is 121 cm³/mol. The number of benzene rings is 3. The molecule has 0 heterocycles. The van der Waals surface area contributed by atoms with Crippen LogP contribution in [0, 0.1) is 0 Å². The molecule has 3 aromatic rings. The molecule has 2 N–H and O–H groups in total. The van der Waals surface area contributed by atoms with Crippen LogP contribution in [0.15, 0.2) is 77.7 Å². The van der Waals surface area contributed by atoms with E-state index in [4.69, 9.17) is 4.74 Å². The Hall–Kier alpha value is -4.18. The van der Waals surface area contributed by atoms with Gasteiger partial charge >= 0.3 is 11.9 Å². The van der Waals surface area contributed by atoms with Gasteiger partial charge in [-0.1, -0.05) is 30.3 Å². The summed E-state index contributed by atoms with van der Waals surface area (Å²) in [5.74, 6) is -2.12. The van der Waals surface area contributed by atoms with Crippen molar-refractivity contribution >= 4 is 39.2 Å². The molecule has 9 nitrogen and oxygen atoms in total. The normalized spacial score (nSPS) is 10.7. The fourth-order valence-corrected chi connectivity index (χ4v) is 4.04. The number of methoxy groups -OCH3 is 2. The van der Waals surface area contributed by atoms with Crippen molar-refractivity contribution in [2.45, 2.75) is 4.90 Å². The van der Waals surface area contributed by atoms with Gasteiger partial charge in [0.2, 0.25) is 0 Å². The maximum absolute atomic E-state index is 13.1. The number of rotatable bonds is 7. The molecule has 0 aliphatic rings. The summed E-state index contributed by atoms with van der Waals surface area (Å²) in [5, 5.41) is 2.54. The Morgan fingerprint density at radius 1 is 0.727 bits per heavy atom. The van der Waals surface area contributed by atoms with Crippen molar-refractivity contribution in [3.8, 4) is 0 Å². The first kappa shape index (κ1) is 23.5. The Morgan fingerprint density at radius 2 is 1.36 bits per heavy atom. The van der Waals surface area contributed by atoms with E-state index in [1.165, 1.54) is 56.7 Å². The molecular weight excluding hydrogens is 448 g/mol. The lowest BCUT2D eigenvalue weighted by Gasteiger charge is -2.14.